The summed E-state index contributed by atoms with van der Waals surface area (Å²) in [5, 5.41) is 0. The van der Waals surface area contributed by atoms with E-state index >= 15 is 0 Å². The number of benzene rings is 3. The van der Waals surface area contributed by atoms with Crippen LogP contribution in [0.2, 0.25) is 0 Å². The van der Waals surface area contributed by atoms with Crippen molar-refractivity contribution in [1.82, 2.24) is 4.57 Å². The highest BCUT2D eigenvalue weighted by atomic mass is 32.2. The van der Waals surface area contributed by atoms with Gasteiger partial charge in [0.15, 0.2) is 14.6 Å². The van der Waals surface area contributed by atoms with Gasteiger partial charge in [0.25, 0.3) is 5.91 Å². The molecule has 1 aliphatic rings. The molecular formula is C25H18N2O4S2. The van der Waals surface area contributed by atoms with Gasteiger partial charge in [-0.1, -0.05) is 53.7 Å². The number of carbonyl (C=O) groups is 1. The zero-order valence-corrected chi connectivity index (χ0v) is 19.2. The van der Waals surface area contributed by atoms with Gasteiger partial charge in [-0.15, -0.1) is 6.42 Å². The van der Waals surface area contributed by atoms with E-state index in [2.05, 4.69) is 10.9 Å². The Labute approximate surface area is 194 Å². The van der Waals surface area contributed by atoms with Crippen molar-refractivity contribution < 1.29 is 17.9 Å². The Bertz CT molecular complexity index is 1590. The van der Waals surface area contributed by atoms with Crippen molar-refractivity contribution in [2.75, 3.05) is 6.26 Å². The Morgan fingerprint density at radius 2 is 1.73 bits per heavy atom. The predicted molar refractivity (Wildman–Crippen MR) is 127 cm³/mol. The van der Waals surface area contributed by atoms with E-state index in [-0.39, 0.29) is 17.3 Å². The molecule has 33 heavy (non-hydrogen) atoms. The number of terminal acetylenes is 1. The van der Waals surface area contributed by atoms with Gasteiger partial charge in [-0.2, -0.15) is 4.99 Å². The van der Waals surface area contributed by atoms with Gasteiger partial charge in [0, 0.05) is 17.4 Å². The summed E-state index contributed by atoms with van der Waals surface area (Å²) in [5.74, 6) is 2.86. The summed E-state index contributed by atoms with van der Waals surface area (Å²) in [5.41, 5.74) is 2.22. The molecule has 164 valence electrons. The summed E-state index contributed by atoms with van der Waals surface area (Å²) in [7, 11) is -3.37. The van der Waals surface area contributed by atoms with Gasteiger partial charge < -0.3 is 9.30 Å². The molecule has 8 heteroatoms. The first-order valence-electron chi connectivity index (χ1n) is 10.1. The average molecular weight is 475 g/mol. The van der Waals surface area contributed by atoms with E-state index in [1.165, 1.54) is 17.4 Å². The van der Waals surface area contributed by atoms with Crippen LogP contribution in [0.3, 0.4) is 0 Å². The number of hydrogen-bond acceptors (Lipinski definition) is 5. The van der Waals surface area contributed by atoms with Crippen LogP contribution in [0.4, 0.5) is 0 Å². The number of rotatable bonds is 3. The first-order chi connectivity index (χ1) is 15.9. The minimum atomic E-state index is -3.37. The number of para-hydroxylation sites is 2. The van der Waals surface area contributed by atoms with Gasteiger partial charge in [-0.25, -0.2) is 8.42 Å². The van der Waals surface area contributed by atoms with Crippen molar-refractivity contribution in [3.63, 3.8) is 0 Å². The molecule has 1 aromatic heterocycles. The van der Waals surface area contributed by atoms with Crippen LogP contribution in [0.1, 0.15) is 17.0 Å². The molecule has 0 aliphatic carbocycles. The SMILES string of the molecule is C#CCn1c(=NC(=O)C2c3ccccc3Oc3ccccc32)sc2cc(S(C)(=O)=O)ccc21. The van der Waals surface area contributed by atoms with Crippen LogP contribution >= 0.6 is 11.3 Å². The minimum absolute atomic E-state index is 0.200. The van der Waals surface area contributed by atoms with Crippen molar-refractivity contribution in [2.45, 2.75) is 17.4 Å². The fourth-order valence-corrected chi connectivity index (χ4v) is 5.74. The standard InChI is InChI=1S/C25H18N2O4S2/c1-3-14-27-19-13-12-16(33(2,29)30)15-22(19)32-25(27)26-24(28)23-17-8-4-6-10-20(17)31-21-11-7-5-9-18(21)23/h1,4-13,15,23H,14H2,2H3. The van der Waals surface area contributed by atoms with Crippen molar-refractivity contribution in [1.29, 1.82) is 0 Å². The summed E-state index contributed by atoms with van der Waals surface area (Å²) < 4.78 is 32.4. The lowest BCUT2D eigenvalue weighted by atomic mass is 9.87. The summed E-state index contributed by atoms with van der Waals surface area (Å²) in [6, 6.07) is 19.6. The summed E-state index contributed by atoms with van der Waals surface area (Å²) in [6.45, 7) is 0.200. The number of amides is 1. The van der Waals surface area contributed by atoms with Crippen molar-refractivity contribution in [2.24, 2.45) is 4.99 Å². The van der Waals surface area contributed by atoms with Crippen LogP contribution in [0, 0.1) is 12.3 Å². The highest BCUT2D eigenvalue weighted by Crippen LogP contribution is 2.44. The molecule has 0 spiro atoms. The number of thiazole rings is 1. The van der Waals surface area contributed by atoms with E-state index < -0.39 is 15.8 Å². The van der Waals surface area contributed by atoms with E-state index in [1.807, 2.05) is 48.5 Å². The van der Waals surface area contributed by atoms with E-state index in [4.69, 9.17) is 11.2 Å². The molecule has 0 radical (unpaired) electrons. The molecule has 2 heterocycles. The molecule has 5 rings (SSSR count). The Kier molecular flexibility index (Phi) is 5.16. The molecule has 1 amide bonds. The maximum atomic E-state index is 13.6. The molecule has 0 fully saturated rings. The minimum Gasteiger partial charge on any atom is -0.457 e. The van der Waals surface area contributed by atoms with Crippen LogP contribution in [0.15, 0.2) is 76.6 Å². The van der Waals surface area contributed by atoms with Gasteiger partial charge in [0.1, 0.15) is 11.5 Å². The zero-order valence-electron chi connectivity index (χ0n) is 17.6. The van der Waals surface area contributed by atoms with Crippen LogP contribution in [0.25, 0.3) is 10.2 Å². The van der Waals surface area contributed by atoms with Crippen LogP contribution in [-0.4, -0.2) is 25.1 Å². The van der Waals surface area contributed by atoms with Gasteiger partial charge in [-0.05, 0) is 30.3 Å². The largest absolute Gasteiger partial charge is 0.457 e. The van der Waals surface area contributed by atoms with E-state index in [0.717, 1.165) is 22.9 Å². The topological polar surface area (TPSA) is 77.7 Å². The molecule has 0 saturated carbocycles. The molecule has 0 saturated heterocycles. The molecule has 0 atom stereocenters. The highest BCUT2D eigenvalue weighted by molar-refractivity contribution is 7.90. The lowest BCUT2D eigenvalue weighted by Gasteiger charge is -2.25. The quantitative estimate of drug-likeness (QED) is 0.419. The number of aromatic nitrogens is 1. The Hall–Kier alpha value is -3.67. The second kappa shape index (κ2) is 8.03. The average Bonchev–Trinajstić information content (AvgIpc) is 3.13. The zero-order chi connectivity index (χ0) is 23.2. The van der Waals surface area contributed by atoms with Gasteiger partial charge in [0.2, 0.25) is 0 Å². The molecule has 0 N–H and O–H groups in total. The third-order valence-electron chi connectivity index (χ3n) is 5.46. The monoisotopic (exact) mass is 474 g/mol. The highest BCUT2D eigenvalue weighted by Gasteiger charge is 2.32. The molecule has 1 aliphatic heterocycles. The third-order valence-corrected chi connectivity index (χ3v) is 7.62. The number of nitrogens with zero attached hydrogens (tertiary/aromatic N) is 2. The van der Waals surface area contributed by atoms with Crippen molar-refractivity contribution >= 4 is 37.3 Å². The Morgan fingerprint density at radius 1 is 1.09 bits per heavy atom. The fourth-order valence-electron chi connectivity index (χ4n) is 3.95. The Morgan fingerprint density at radius 3 is 2.33 bits per heavy atom. The summed E-state index contributed by atoms with van der Waals surface area (Å²) in [6.07, 6.45) is 6.73. The first-order valence-corrected chi connectivity index (χ1v) is 12.8. The van der Waals surface area contributed by atoms with Gasteiger partial charge in [0.05, 0.1) is 27.6 Å². The fraction of sp³-hybridized carbons (Fsp3) is 0.120. The number of carbonyl (C=O) groups excluding carboxylic acids is 1. The van der Waals surface area contributed by atoms with Crippen LogP contribution in [-0.2, 0) is 21.2 Å². The normalized spacial score (nSPS) is 13.8. The van der Waals surface area contributed by atoms with Gasteiger partial charge in [-0.3, -0.25) is 4.79 Å². The number of ether oxygens (including phenoxy) is 1. The molecular weight excluding hydrogens is 456 g/mol. The number of fused-ring (bicyclic) bond motifs is 3. The molecule has 0 bridgehead atoms. The maximum Gasteiger partial charge on any atom is 0.260 e. The smallest absolute Gasteiger partial charge is 0.260 e. The maximum absolute atomic E-state index is 13.6. The van der Waals surface area contributed by atoms with E-state index in [0.29, 0.717) is 21.0 Å². The molecule has 4 aromatic rings. The van der Waals surface area contributed by atoms with Crippen LogP contribution < -0.4 is 9.54 Å². The second-order valence-corrected chi connectivity index (χ2v) is 10.7. The summed E-state index contributed by atoms with van der Waals surface area (Å²) in [4.78, 5) is 18.7. The van der Waals surface area contributed by atoms with E-state index in [9.17, 15) is 13.2 Å². The third kappa shape index (κ3) is 3.75. The second-order valence-electron chi connectivity index (χ2n) is 7.64. The molecule has 6 nitrogen and oxygen atoms in total. The predicted octanol–water partition coefficient (Wildman–Crippen LogP) is 4.10. The van der Waals surface area contributed by atoms with Gasteiger partial charge >= 0.3 is 0 Å². The number of hydrogen-bond donors (Lipinski definition) is 0. The lowest BCUT2D eigenvalue weighted by Crippen LogP contribution is -2.22. The van der Waals surface area contributed by atoms with E-state index in [1.54, 1.807) is 16.7 Å². The van der Waals surface area contributed by atoms with Crippen molar-refractivity contribution in [3.05, 3.63) is 82.7 Å². The summed E-state index contributed by atoms with van der Waals surface area (Å²) >= 11 is 1.23. The number of sulfone groups is 1. The van der Waals surface area contributed by atoms with Crippen molar-refractivity contribution in [3.8, 4) is 23.8 Å². The van der Waals surface area contributed by atoms with Crippen LogP contribution in [0.5, 0.6) is 11.5 Å². The molecule has 3 aromatic carbocycles. The first kappa shape index (κ1) is 21.2. The Balaban J connectivity index is 1.69. The molecule has 0 unspecified atom stereocenters. The lowest BCUT2D eigenvalue weighted by molar-refractivity contribution is -0.118.